The van der Waals surface area contributed by atoms with Crippen molar-refractivity contribution in [2.45, 2.75) is 25.4 Å². The van der Waals surface area contributed by atoms with Crippen LogP contribution < -0.4 is 20.8 Å². The summed E-state index contributed by atoms with van der Waals surface area (Å²) < 4.78 is 11.4. The van der Waals surface area contributed by atoms with E-state index < -0.39 is 11.8 Å². The predicted octanol–water partition coefficient (Wildman–Crippen LogP) is 1.47. The number of hydrogen-bond acceptors (Lipinski definition) is 6. The molecule has 0 aliphatic heterocycles. The third-order valence-corrected chi connectivity index (χ3v) is 4.35. The van der Waals surface area contributed by atoms with Gasteiger partial charge in [-0.2, -0.15) is 5.10 Å². The first kappa shape index (κ1) is 20.6. The SMILES string of the molecule is O=C(COc1ccc(Br)cc1/C=N\NC(=O)C(=O)NC1CC1)NCc1ccco1. The minimum absolute atomic E-state index is 0.0845. The Balaban J connectivity index is 1.51. The van der Waals surface area contributed by atoms with Gasteiger partial charge in [-0.3, -0.25) is 14.4 Å². The van der Waals surface area contributed by atoms with Gasteiger partial charge in [0.15, 0.2) is 6.61 Å². The van der Waals surface area contributed by atoms with Gasteiger partial charge in [0.05, 0.1) is 19.0 Å². The number of amides is 3. The highest BCUT2D eigenvalue weighted by Gasteiger charge is 2.26. The molecule has 0 bridgehead atoms. The highest BCUT2D eigenvalue weighted by atomic mass is 79.9. The van der Waals surface area contributed by atoms with Gasteiger partial charge in [-0.15, -0.1) is 0 Å². The Morgan fingerprint density at radius 2 is 2.07 bits per heavy atom. The number of halogens is 1. The first-order valence-electron chi connectivity index (χ1n) is 8.86. The van der Waals surface area contributed by atoms with E-state index in [4.69, 9.17) is 9.15 Å². The molecule has 3 rings (SSSR count). The van der Waals surface area contributed by atoms with Crippen molar-refractivity contribution in [2.75, 3.05) is 6.61 Å². The number of nitrogens with one attached hydrogen (secondary N) is 3. The lowest BCUT2D eigenvalue weighted by Crippen LogP contribution is -2.38. The van der Waals surface area contributed by atoms with Crippen LogP contribution in [0.1, 0.15) is 24.2 Å². The third kappa shape index (κ3) is 6.75. The van der Waals surface area contributed by atoms with Crippen LogP contribution >= 0.6 is 15.9 Å². The summed E-state index contributed by atoms with van der Waals surface area (Å²) in [5.41, 5.74) is 2.68. The Labute approximate surface area is 175 Å². The van der Waals surface area contributed by atoms with E-state index in [9.17, 15) is 14.4 Å². The highest BCUT2D eigenvalue weighted by molar-refractivity contribution is 9.10. The van der Waals surface area contributed by atoms with Gasteiger partial charge in [-0.05, 0) is 43.2 Å². The number of carbonyl (C=O) groups excluding carboxylic acids is 3. The minimum atomic E-state index is -0.845. The predicted molar refractivity (Wildman–Crippen MR) is 107 cm³/mol. The minimum Gasteiger partial charge on any atom is -0.483 e. The fraction of sp³-hybridized carbons (Fsp3) is 0.263. The molecule has 1 aromatic heterocycles. The molecule has 0 spiro atoms. The van der Waals surface area contributed by atoms with Crippen LogP contribution in [0, 0.1) is 0 Å². The topological polar surface area (TPSA) is 122 Å². The van der Waals surface area contributed by atoms with Crippen LogP contribution in [0.5, 0.6) is 5.75 Å². The summed E-state index contributed by atoms with van der Waals surface area (Å²) in [5, 5.41) is 9.03. The molecule has 152 valence electrons. The van der Waals surface area contributed by atoms with Crippen molar-refractivity contribution >= 4 is 39.9 Å². The molecule has 3 amide bonds. The lowest BCUT2D eigenvalue weighted by Gasteiger charge is -2.09. The average molecular weight is 463 g/mol. The van der Waals surface area contributed by atoms with Crippen LogP contribution in [0.2, 0.25) is 0 Å². The van der Waals surface area contributed by atoms with Crippen molar-refractivity contribution < 1.29 is 23.5 Å². The van der Waals surface area contributed by atoms with E-state index in [0.29, 0.717) is 17.1 Å². The van der Waals surface area contributed by atoms with E-state index in [2.05, 4.69) is 37.1 Å². The number of hydrogen-bond donors (Lipinski definition) is 3. The molecule has 0 saturated heterocycles. The molecule has 3 N–H and O–H groups in total. The molecule has 0 unspecified atom stereocenters. The second-order valence-electron chi connectivity index (χ2n) is 6.27. The number of carbonyl (C=O) groups is 3. The van der Waals surface area contributed by atoms with Crippen LogP contribution in [0.25, 0.3) is 0 Å². The maximum atomic E-state index is 11.9. The average Bonchev–Trinajstić information content (AvgIpc) is 3.36. The summed E-state index contributed by atoms with van der Waals surface area (Å²) in [4.78, 5) is 35.2. The van der Waals surface area contributed by atoms with Crippen molar-refractivity contribution in [1.82, 2.24) is 16.1 Å². The standard InChI is InChI=1S/C19H19BrN4O5/c20-13-3-6-16(29-11-17(25)21-10-15-2-1-7-28-15)12(8-13)9-22-24-19(27)18(26)23-14-4-5-14/h1-3,6-9,14H,4-5,10-11H2,(H,21,25)(H,23,26)(H,24,27)/b22-9-. The van der Waals surface area contributed by atoms with Crippen LogP contribution in [-0.2, 0) is 20.9 Å². The highest BCUT2D eigenvalue weighted by Crippen LogP contribution is 2.22. The van der Waals surface area contributed by atoms with E-state index >= 15 is 0 Å². The molecule has 1 fully saturated rings. The molecule has 1 aliphatic carbocycles. The normalized spacial score (nSPS) is 13.1. The number of benzene rings is 1. The molecular formula is C19H19BrN4O5. The number of furan rings is 1. The summed E-state index contributed by atoms with van der Waals surface area (Å²) >= 11 is 3.34. The zero-order valence-electron chi connectivity index (χ0n) is 15.3. The monoisotopic (exact) mass is 462 g/mol. The zero-order chi connectivity index (χ0) is 20.6. The summed E-state index contributed by atoms with van der Waals surface area (Å²) in [5.74, 6) is -0.859. The molecule has 1 aromatic carbocycles. The number of nitrogens with zero attached hydrogens (tertiary/aromatic N) is 1. The Hall–Kier alpha value is -3.14. The van der Waals surface area contributed by atoms with Crippen molar-refractivity contribution in [2.24, 2.45) is 5.10 Å². The molecule has 10 heteroatoms. The summed E-state index contributed by atoms with van der Waals surface area (Å²) in [6, 6.07) is 8.68. The van der Waals surface area contributed by atoms with Crippen molar-refractivity contribution in [3.63, 3.8) is 0 Å². The zero-order valence-corrected chi connectivity index (χ0v) is 16.9. The van der Waals surface area contributed by atoms with Crippen LogP contribution in [0.3, 0.4) is 0 Å². The molecule has 2 aromatic rings. The van der Waals surface area contributed by atoms with E-state index in [1.165, 1.54) is 12.5 Å². The molecule has 29 heavy (non-hydrogen) atoms. The smallest absolute Gasteiger partial charge is 0.329 e. The van der Waals surface area contributed by atoms with Gasteiger partial charge in [0, 0.05) is 16.1 Å². The maximum Gasteiger partial charge on any atom is 0.329 e. The molecule has 0 radical (unpaired) electrons. The lowest BCUT2D eigenvalue weighted by atomic mass is 10.2. The Morgan fingerprint density at radius 1 is 1.24 bits per heavy atom. The number of rotatable bonds is 8. The Bertz CT molecular complexity index is 909. The largest absolute Gasteiger partial charge is 0.483 e. The fourth-order valence-corrected chi connectivity index (χ4v) is 2.61. The van der Waals surface area contributed by atoms with Crippen LogP contribution in [0.15, 0.2) is 50.6 Å². The van der Waals surface area contributed by atoms with Gasteiger partial charge in [-0.25, -0.2) is 5.43 Å². The Morgan fingerprint density at radius 3 is 2.79 bits per heavy atom. The second-order valence-corrected chi connectivity index (χ2v) is 7.19. The van der Waals surface area contributed by atoms with Crippen LogP contribution in [0.4, 0.5) is 0 Å². The van der Waals surface area contributed by atoms with Crippen molar-refractivity contribution in [3.05, 3.63) is 52.4 Å². The molecular weight excluding hydrogens is 444 g/mol. The van der Waals surface area contributed by atoms with Gasteiger partial charge in [0.1, 0.15) is 11.5 Å². The lowest BCUT2D eigenvalue weighted by molar-refractivity contribution is -0.139. The molecule has 9 nitrogen and oxygen atoms in total. The van der Waals surface area contributed by atoms with E-state index in [0.717, 1.165) is 17.3 Å². The van der Waals surface area contributed by atoms with E-state index in [1.54, 1.807) is 30.3 Å². The summed E-state index contributed by atoms with van der Waals surface area (Å²) in [6.45, 7) is 0.0537. The van der Waals surface area contributed by atoms with E-state index in [-0.39, 0.29) is 25.1 Å². The second kappa shape index (κ2) is 9.87. The molecule has 0 atom stereocenters. The van der Waals surface area contributed by atoms with Gasteiger partial charge in [0.2, 0.25) is 0 Å². The van der Waals surface area contributed by atoms with Gasteiger partial charge >= 0.3 is 11.8 Å². The Kier molecular flexibility index (Phi) is 7.01. The molecule has 1 heterocycles. The summed E-state index contributed by atoms with van der Waals surface area (Å²) in [6.07, 6.45) is 4.63. The summed E-state index contributed by atoms with van der Waals surface area (Å²) in [7, 11) is 0. The number of hydrazone groups is 1. The maximum absolute atomic E-state index is 11.9. The van der Waals surface area contributed by atoms with Crippen molar-refractivity contribution in [3.8, 4) is 5.75 Å². The third-order valence-electron chi connectivity index (χ3n) is 3.86. The van der Waals surface area contributed by atoms with Crippen LogP contribution in [-0.4, -0.2) is 36.6 Å². The van der Waals surface area contributed by atoms with Crippen molar-refractivity contribution in [1.29, 1.82) is 0 Å². The fourth-order valence-electron chi connectivity index (χ4n) is 2.23. The van der Waals surface area contributed by atoms with Gasteiger partial charge in [-0.1, -0.05) is 15.9 Å². The first-order valence-corrected chi connectivity index (χ1v) is 9.66. The van der Waals surface area contributed by atoms with E-state index in [1.807, 2.05) is 0 Å². The number of ether oxygens (including phenoxy) is 1. The molecule has 1 saturated carbocycles. The quantitative estimate of drug-likeness (QED) is 0.311. The first-order chi connectivity index (χ1) is 14.0. The molecule has 1 aliphatic rings. The van der Waals surface area contributed by atoms with Gasteiger partial charge < -0.3 is 19.8 Å². The van der Waals surface area contributed by atoms with Gasteiger partial charge in [0.25, 0.3) is 5.91 Å².